The summed E-state index contributed by atoms with van der Waals surface area (Å²) < 4.78 is 28.8. The number of benzene rings is 2. The van der Waals surface area contributed by atoms with Crippen LogP contribution in [0.15, 0.2) is 58.4 Å². The van der Waals surface area contributed by atoms with E-state index in [1.165, 1.54) is 6.26 Å². The lowest BCUT2D eigenvalue weighted by Gasteiger charge is -2.12. The van der Waals surface area contributed by atoms with Crippen molar-refractivity contribution in [2.24, 2.45) is 4.99 Å². The summed E-state index contributed by atoms with van der Waals surface area (Å²) in [5, 5.41) is 6.59. The van der Waals surface area contributed by atoms with Crippen LogP contribution in [0.4, 0.5) is 0 Å². The van der Waals surface area contributed by atoms with E-state index in [1.54, 1.807) is 12.1 Å². The fraction of sp³-hybridized carbons (Fsp3) is 0.435. The minimum atomic E-state index is -3.16. The average molecular weight is 432 g/mol. The van der Waals surface area contributed by atoms with Crippen LogP contribution in [0, 0.1) is 0 Å². The molecule has 0 aliphatic rings. The quantitative estimate of drug-likeness (QED) is 0.446. The number of aliphatic imine (C=N–C) groups is 1. The smallest absolute Gasteiger partial charge is 0.191 e. The van der Waals surface area contributed by atoms with Gasteiger partial charge >= 0.3 is 0 Å². The summed E-state index contributed by atoms with van der Waals surface area (Å²) in [6.45, 7) is 8.75. The van der Waals surface area contributed by atoms with Crippen LogP contribution in [0.3, 0.4) is 0 Å². The molecule has 0 spiro atoms. The van der Waals surface area contributed by atoms with Crippen molar-refractivity contribution in [3.8, 4) is 0 Å². The number of guanidine groups is 1. The maximum atomic E-state index is 11.6. The fourth-order valence-electron chi connectivity index (χ4n) is 2.82. The Morgan fingerprint density at radius 2 is 1.73 bits per heavy atom. The first-order chi connectivity index (χ1) is 14.3. The summed E-state index contributed by atoms with van der Waals surface area (Å²) >= 11 is 0. The Labute approximate surface area is 180 Å². The maximum absolute atomic E-state index is 11.6. The molecule has 0 unspecified atom stereocenters. The van der Waals surface area contributed by atoms with Crippen LogP contribution in [0.5, 0.6) is 0 Å². The molecule has 0 amide bonds. The number of sulfone groups is 1. The van der Waals surface area contributed by atoms with Crippen LogP contribution < -0.4 is 10.6 Å². The van der Waals surface area contributed by atoms with Gasteiger partial charge in [0.15, 0.2) is 15.8 Å². The van der Waals surface area contributed by atoms with Crippen molar-refractivity contribution < 1.29 is 13.2 Å². The van der Waals surface area contributed by atoms with Crippen LogP contribution >= 0.6 is 0 Å². The first-order valence-electron chi connectivity index (χ1n) is 10.3. The maximum Gasteiger partial charge on any atom is 0.191 e. The first kappa shape index (κ1) is 23.9. The zero-order valence-corrected chi connectivity index (χ0v) is 19.1. The van der Waals surface area contributed by atoms with Crippen molar-refractivity contribution in [2.45, 2.75) is 51.3 Å². The third-order valence-corrected chi connectivity index (χ3v) is 5.52. The second-order valence-electron chi connectivity index (χ2n) is 7.47. The van der Waals surface area contributed by atoms with E-state index in [-0.39, 0.29) is 6.10 Å². The molecule has 0 aromatic heterocycles. The molecule has 2 aromatic carbocycles. The van der Waals surface area contributed by atoms with Crippen LogP contribution in [0.1, 0.15) is 37.5 Å². The van der Waals surface area contributed by atoms with Gasteiger partial charge in [0.25, 0.3) is 0 Å². The van der Waals surface area contributed by atoms with Gasteiger partial charge in [-0.3, -0.25) is 0 Å². The van der Waals surface area contributed by atoms with E-state index in [0.717, 1.165) is 35.6 Å². The van der Waals surface area contributed by atoms with Crippen molar-refractivity contribution in [1.82, 2.24) is 10.6 Å². The van der Waals surface area contributed by atoms with Crippen LogP contribution in [0.2, 0.25) is 0 Å². The molecule has 6 nitrogen and oxygen atoms in total. The Hall–Kier alpha value is -2.38. The molecule has 0 heterocycles. The van der Waals surface area contributed by atoms with Crippen LogP contribution in [-0.4, -0.2) is 39.8 Å². The highest BCUT2D eigenvalue weighted by atomic mass is 32.2. The molecular weight excluding hydrogens is 398 g/mol. The molecule has 30 heavy (non-hydrogen) atoms. The number of hydrogen-bond donors (Lipinski definition) is 2. The summed E-state index contributed by atoms with van der Waals surface area (Å²) in [6.07, 6.45) is 2.20. The standard InChI is InChI=1S/C23H33N3O3S/c1-5-24-23(25-14-13-19-9-11-22(12-10-19)30(4,27)28)26-16-20-7-6-8-21(15-20)17-29-18(2)3/h6-12,15,18H,5,13-14,16-17H2,1-4H3,(H2,24,25,26). The average Bonchev–Trinajstić information content (AvgIpc) is 2.70. The van der Waals surface area contributed by atoms with E-state index >= 15 is 0 Å². The van der Waals surface area contributed by atoms with Crippen molar-refractivity contribution in [3.05, 3.63) is 65.2 Å². The van der Waals surface area contributed by atoms with Gasteiger partial charge < -0.3 is 15.4 Å². The van der Waals surface area contributed by atoms with Crippen LogP contribution in [-0.2, 0) is 34.1 Å². The van der Waals surface area contributed by atoms with Gasteiger partial charge in [-0.2, -0.15) is 0 Å². The topological polar surface area (TPSA) is 79.8 Å². The molecule has 7 heteroatoms. The second kappa shape index (κ2) is 11.7. The highest BCUT2D eigenvalue weighted by Gasteiger charge is 2.06. The fourth-order valence-corrected chi connectivity index (χ4v) is 3.45. The van der Waals surface area contributed by atoms with Crippen molar-refractivity contribution in [1.29, 1.82) is 0 Å². The van der Waals surface area contributed by atoms with E-state index in [2.05, 4.69) is 33.8 Å². The minimum absolute atomic E-state index is 0.207. The van der Waals surface area contributed by atoms with E-state index in [0.29, 0.717) is 24.6 Å². The van der Waals surface area contributed by atoms with Crippen molar-refractivity contribution in [2.75, 3.05) is 19.3 Å². The van der Waals surface area contributed by atoms with E-state index < -0.39 is 9.84 Å². The number of nitrogens with one attached hydrogen (secondary N) is 2. The summed E-state index contributed by atoms with van der Waals surface area (Å²) in [5.74, 6) is 0.758. The SMILES string of the molecule is CCNC(=NCc1cccc(COC(C)C)c1)NCCc1ccc(S(C)(=O)=O)cc1. The molecule has 0 saturated heterocycles. The zero-order valence-electron chi connectivity index (χ0n) is 18.3. The summed E-state index contributed by atoms with van der Waals surface area (Å²) in [7, 11) is -3.16. The molecule has 0 aliphatic heterocycles. The van der Waals surface area contributed by atoms with Crippen molar-refractivity contribution in [3.63, 3.8) is 0 Å². The molecule has 0 bridgehead atoms. The Morgan fingerprint density at radius 1 is 1.03 bits per heavy atom. The van der Waals surface area contributed by atoms with Gasteiger partial charge in [0.2, 0.25) is 0 Å². The molecule has 0 aliphatic carbocycles. The Morgan fingerprint density at radius 3 is 2.37 bits per heavy atom. The van der Waals surface area contributed by atoms with E-state index in [9.17, 15) is 8.42 Å². The van der Waals surface area contributed by atoms with Gasteiger partial charge in [-0.15, -0.1) is 0 Å². The molecule has 2 rings (SSSR count). The van der Waals surface area contributed by atoms with Gasteiger partial charge in [0, 0.05) is 19.3 Å². The molecule has 0 fully saturated rings. The molecule has 0 atom stereocenters. The molecular formula is C23H33N3O3S. The molecule has 0 saturated carbocycles. The number of hydrogen-bond acceptors (Lipinski definition) is 4. The second-order valence-corrected chi connectivity index (χ2v) is 9.48. The first-order valence-corrected chi connectivity index (χ1v) is 12.2. The molecule has 0 radical (unpaired) electrons. The number of ether oxygens (including phenoxy) is 1. The monoisotopic (exact) mass is 431 g/mol. The minimum Gasteiger partial charge on any atom is -0.374 e. The summed E-state index contributed by atoms with van der Waals surface area (Å²) in [5.41, 5.74) is 3.35. The lowest BCUT2D eigenvalue weighted by atomic mass is 10.1. The molecule has 2 N–H and O–H groups in total. The Bertz CT molecular complexity index is 923. The predicted molar refractivity (Wildman–Crippen MR) is 122 cm³/mol. The molecule has 2 aromatic rings. The summed E-state index contributed by atoms with van der Waals surface area (Å²) in [6, 6.07) is 15.3. The Kier molecular flexibility index (Phi) is 9.33. The lowest BCUT2D eigenvalue weighted by molar-refractivity contribution is 0.0657. The van der Waals surface area contributed by atoms with E-state index in [4.69, 9.17) is 4.74 Å². The third kappa shape index (κ3) is 8.55. The number of rotatable bonds is 10. The van der Waals surface area contributed by atoms with Gasteiger partial charge in [0.05, 0.1) is 24.2 Å². The predicted octanol–water partition coefficient (Wildman–Crippen LogP) is 3.31. The highest BCUT2D eigenvalue weighted by Crippen LogP contribution is 2.11. The van der Waals surface area contributed by atoms with Gasteiger partial charge in [-0.25, -0.2) is 13.4 Å². The lowest BCUT2D eigenvalue weighted by Crippen LogP contribution is -2.38. The normalized spacial score (nSPS) is 12.2. The Balaban J connectivity index is 1.91. The third-order valence-electron chi connectivity index (χ3n) is 4.40. The summed E-state index contributed by atoms with van der Waals surface area (Å²) in [4.78, 5) is 5.01. The van der Waals surface area contributed by atoms with Gasteiger partial charge in [0.1, 0.15) is 0 Å². The van der Waals surface area contributed by atoms with Crippen molar-refractivity contribution >= 4 is 15.8 Å². The van der Waals surface area contributed by atoms with Gasteiger partial charge in [-0.1, -0.05) is 36.4 Å². The van der Waals surface area contributed by atoms with Crippen LogP contribution in [0.25, 0.3) is 0 Å². The largest absolute Gasteiger partial charge is 0.374 e. The van der Waals surface area contributed by atoms with Gasteiger partial charge in [-0.05, 0) is 56.0 Å². The zero-order chi connectivity index (χ0) is 22.0. The van der Waals surface area contributed by atoms with E-state index in [1.807, 2.05) is 39.0 Å². The number of nitrogens with zero attached hydrogens (tertiary/aromatic N) is 1. The highest BCUT2D eigenvalue weighted by molar-refractivity contribution is 7.90. The molecule has 164 valence electrons.